The zero-order chi connectivity index (χ0) is 13.8. The summed E-state index contributed by atoms with van der Waals surface area (Å²) in [4.78, 5) is 11.6. The monoisotopic (exact) mass is 253 g/mol. The maximum absolute atomic E-state index is 12.7. The average Bonchev–Trinajstić information content (AvgIpc) is 2.25. The summed E-state index contributed by atoms with van der Waals surface area (Å²) < 4.78 is 17.9. The van der Waals surface area contributed by atoms with Crippen molar-refractivity contribution < 1.29 is 13.9 Å². The lowest BCUT2D eigenvalue weighted by molar-refractivity contribution is -0.156. The van der Waals surface area contributed by atoms with E-state index in [1.54, 1.807) is 32.9 Å². The van der Waals surface area contributed by atoms with E-state index in [2.05, 4.69) is 0 Å². The fourth-order valence-electron chi connectivity index (χ4n) is 1.47. The number of benzene rings is 1. The minimum Gasteiger partial charge on any atom is -0.459 e. The Kier molecular flexibility index (Phi) is 4.84. The number of rotatable bonds is 4. The lowest BCUT2D eigenvalue weighted by atomic mass is 10.1. The predicted octanol–water partition coefficient (Wildman–Crippen LogP) is 2.43. The summed E-state index contributed by atoms with van der Waals surface area (Å²) >= 11 is 0. The van der Waals surface area contributed by atoms with Crippen LogP contribution in [0.1, 0.15) is 32.8 Å². The maximum Gasteiger partial charge on any atom is 0.323 e. The Labute approximate surface area is 107 Å². The van der Waals surface area contributed by atoms with Crippen molar-refractivity contribution in [3.63, 3.8) is 0 Å². The minimum absolute atomic E-state index is 0.268. The Balaban J connectivity index is 2.43. The Bertz CT molecular complexity index is 395. The van der Waals surface area contributed by atoms with Crippen molar-refractivity contribution in [3.05, 3.63) is 35.6 Å². The molecule has 0 aliphatic rings. The Morgan fingerprint density at radius 1 is 1.33 bits per heavy atom. The Morgan fingerprint density at radius 3 is 2.39 bits per heavy atom. The van der Waals surface area contributed by atoms with Crippen LogP contribution in [0.15, 0.2) is 24.3 Å². The Hall–Kier alpha value is -1.42. The van der Waals surface area contributed by atoms with Crippen molar-refractivity contribution in [2.75, 3.05) is 0 Å². The number of esters is 1. The fourth-order valence-corrected chi connectivity index (χ4v) is 1.47. The first-order valence-electron chi connectivity index (χ1n) is 6.01. The molecule has 0 fully saturated rings. The second-order valence-corrected chi connectivity index (χ2v) is 5.31. The summed E-state index contributed by atoms with van der Waals surface area (Å²) in [5, 5.41) is 0. The molecule has 0 spiro atoms. The van der Waals surface area contributed by atoms with Crippen LogP contribution in [0.25, 0.3) is 0 Å². The average molecular weight is 253 g/mol. The van der Waals surface area contributed by atoms with E-state index in [1.165, 1.54) is 12.1 Å². The summed E-state index contributed by atoms with van der Waals surface area (Å²) in [6, 6.07) is 5.53. The van der Waals surface area contributed by atoms with Crippen molar-refractivity contribution in [2.24, 2.45) is 5.73 Å². The molecule has 0 heterocycles. The van der Waals surface area contributed by atoms with Crippen molar-refractivity contribution in [1.29, 1.82) is 0 Å². The van der Waals surface area contributed by atoms with Crippen molar-refractivity contribution in [1.82, 2.24) is 0 Å². The van der Waals surface area contributed by atoms with E-state index in [1.807, 2.05) is 0 Å². The molecule has 0 aliphatic heterocycles. The van der Waals surface area contributed by atoms with Crippen LogP contribution in [0.2, 0.25) is 0 Å². The first kappa shape index (κ1) is 14.6. The summed E-state index contributed by atoms with van der Waals surface area (Å²) in [5.41, 5.74) is 6.18. The van der Waals surface area contributed by atoms with Gasteiger partial charge >= 0.3 is 5.97 Å². The highest BCUT2D eigenvalue weighted by molar-refractivity contribution is 5.75. The van der Waals surface area contributed by atoms with Crippen LogP contribution in [0.4, 0.5) is 4.39 Å². The van der Waals surface area contributed by atoms with Gasteiger partial charge in [0, 0.05) is 0 Å². The Morgan fingerprint density at radius 2 is 1.89 bits per heavy atom. The largest absolute Gasteiger partial charge is 0.459 e. The summed E-state index contributed by atoms with van der Waals surface area (Å²) in [6.45, 7) is 5.41. The minimum atomic E-state index is -0.644. The van der Waals surface area contributed by atoms with Gasteiger partial charge in [-0.1, -0.05) is 12.1 Å². The number of aryl methyl sites for hydroxylation is 1. The number of carbonyl (C=O) groups excluding carboxylic acids is 1. The zero-order valence-electron chi connectivity index (χ0n) is 11.1. The second-order valence-electron chi connectivity index (χ2n) is 5.31. The first-order chi connectivity index (χ1) is 8.28. The summed E-state index contributed by atoms with van der Waals surface area (Å²) in [5.74, 6) is -0.667. The smallest absolute Gasteiger partial charge is 0.323 e. The molecule has 0 saturated heterocycles. The van der Waals surface area contributed by atoms with Crippen LogP contribution in [-0.2, 0) is 16.0 Å². The number of halogens is 1. The molecule has 1 aromatic rings. The van der Waals surface area contributed by atoms with E-state index in [-0.39, 0.29) is 5.82 Å². The topological polar surface area (TPSA) is 52.3 Å². The first-order valence-corrected chi connectivity index (χ1v) is 6.01. The van der Waals surface area contributed by atoms with Crippen LogP contribution in [0.5, 0.6) is 0 Å². The molecule has 1 atom stereocenters. The molecule has 3 nitrogen and oxygen atoms in total. The molecule has 0 radical (unpaired) electrons. The van der Waals surface area contributed by atoms with Gasteiger partial charge in [0.1, 0.15) is 17.5 Å². The van der Waals surface area contributed by atoms with Gasteiger partial charge in [0.05, 0.1) is 0 Å². The van der Waals surface area contributed by atoms with Gasteiger partial charge in [-0.15, -0.1) is 0 Å². The second kappa shape index (κ2) is 5.96. The molecule has 0 aromatic heterocycles. The number of hydrogen-bond acceptors (Lipinski definition) is 3. The predicted molar refractivity (Wildman–Crippen MR) is 68.5 cm³/mol. The van der Waals surface area contributed by atoms with E-state index in [9.17, 15) is 9.18 Å². The van der Waals surface area contributed by atoms with E-state index in [0.717, 1.165) is 5.56 Å². The van der Waals surface area contributed by atoms with Crippen molar-refractivity contribution in [2.45, 2.75) is 45.3 Å². The molecule has 0 amide bonds. The van der Waals surface area contributed by atoms with E-state index < -0.39 is 17.6 Å². The number of nitrogens with two attached hydrogens (primary N) is 1. The van der Waals surface area contributed by atoms with Crippen LogP contribution in [-0.4, -0.2) is 17.6 Å². The standard InChI is InChI=1S/C14H20FNO2/c1-14(2,3)18-13(17)12(16)9-6-10-4-7-11(15)8-5-10/h4-5,7-8,12H,6,9,16H2,1-3H3. The van der Waals surface area contributed by atoms with Gasteiger partial charge in [-0.05, 0) is 51.3 Å². The molecule has 0 aliphatic carbocycles. The lowest BCUT2D eigenvalue weighted by Crippen LogP contribution is -2.37. The van der Waals surface area contributed by atoms with Gasteiger partial charge in [-0.3, -0.25) is 4.79 Å². The van der Waals surface area contributed by atoms with E-state index in [0.29, 0.717) is 12.8 Å². The molecule has 18 heavy (non-hydrogen) atoms. The van der Waals surface area contributed by atoms with Gasteiger partial charge in [0.25, 0.3) is 0 Å². The number of hydrogen-bond donors (Lipinski definition) is 1. The number of carbonyl (C=O) groups is 1. The SMILES string of the molecule is CC(C)(C)OC(=O)C(N)CCc1ccc(F)cc1. The molecule has 1 rings (SSSR count). The molecule has 1 aromatic carbocycles. The zero-order valence-corrected chi connectivity index (χ0v) is 11.1. The summed E-state index contributed by atoms with van der Waals surface area (Å²) in [6.07, 6.45) is 1.11. The third kappa shape index (κ3) is 5.27. The van der Waals surface area contributed by atoms with E-state index in [4.69, 9.17) is 10.5 Å². The van der Waals surface area contributed by atoms with Crippen molar-refractivity contribution in [3.8, 4) is 0 Å². The molecule has 0 saturated carbocycles. The molecular weight excluding hydrogens is 233 g/mol. The molecule has 1 unspecified atom stereocenters. The number of ether oxygens (including phenoxy) is 1. The third-order valence-corrected chi connectivity index (χ3v) is 2.37. The molecule has 4 heteroatoms. The van der Waals surface area contributed by atoms with Crippen LogP contribution in [0.3, 0.4) is 0 Å². The highest BCUT2D eigenvalue weighted by atomic mass is 19.1. The summed E-state index contributed by atoms with van der Waals surface area (Å²) in [7, 11) is 0. The van der Waals surface area contributed by atoms with Crippen LogP contribution >= 0.6 is 0 Å². The van der Waals surface area contributed by atoms with Gasteiger partial charge in [0.15, 0.2) is 0 Å². The molecule has 0 bridgehead atoms. The highest BCUT2D eigenvalue weighted by Gasteiger charge is 2.21. The van der Waals surface area contributed by atoms with Crippen LogP contribution < -0.4 is 5.73 Å². The van der Waals surface area contributed by atoms with Gasteiger partial charge in [-0.25, -0.2) is 4.39 Å². The van der Waals surface area contributed by atoms with Gasteiger partial charge in [-0.2, -0.15) is 0 Å². The maximum atomic E-state index is 12.7. The van der Waals surface area contributed by atoms with Gasteiger partial charge < -0.3 is 10.5 Å². The molecule has 2 N–H and O–H groups in total. The molecular formula is C14H20FNO2. The quantitative estimate of drug-likeness (QED) is 0.838. The van der Waals surface area contributed by atoms with Crippen LogP contribution in [0, 0.1) is 5.82 Å². The van der Waals surface area contributed by atoms with E-state index >= 15 is 0 Å². The third-order valence-electron chi connectivity index (χ3n) is 2.37. The molecule has 100 valence electrons. The van der Waals surface area contributed by atoms with Crippen molar-refractivity contribution >= 4 is 5.97 Å². The lowest BCUT2D eigenvalue weighted by Gasteiger charge is -2.22. The normalized spacial score (nSPS) is 13.2. The highest BCUT2D eigenvalue weighted by Crippen LogP contribution is 2.11. The fraction of sp³-hybridized carbons (Fsp3) is 0.500. The van der Waals surface area contributed by atoms with Gasteiger partial charge in [0.2, 0.25) is 0 Å².